The predicted octanol–water partition coefficient (Wildman–Crippen LogP) is -4.37. The van der Waals surface area contributed by atoms with E-state index in [0.29, 0.717) is 49.0 Å². The second-order valence-electron chi connectivity index (χ2n) is 21.2. The molecule has 8 N–H and O–H groups in total. The van der Waals surface area contributed by atoms with Crippen LogP contribution in [0.3, 0.4) is 0 Å². The molecular weight excluding hydrogens is 851 g/mol. The standard InChI is InChI=1S/C45H70O18.Na/c1-17(2)12-26-36(58-26)18(3)21-6-7-22-20-14-25-24-13-19(8-10-45(24,5)23(20)9-11-44(21,22)4)57-42-39(34(52)33(51)37(61-42)40(54)55)63-43-38(32(50)29(47)27(15-46)59-43)62-41-35(53)31(49)30(48)28(60-41)16-56-25;/h14,17-19,21-39,41-43,46-53H,6-13,15-16H2,1-5H3,(H,54,55);/q;+1/p-1/t18?,19-,21+,22?,23?,24?,25+,26-,27?,28?,29?,30?,31?,32?,33?,34?,35?,36-,37?,38?,39?,41?,42?,43?,44+,45+;/m0./s1. The minimum absolute atomic E-state index is 0. The first-order valence-corrected chi connectivity index (χ1v) is 23.4. The Morgan fingerprint density at radius 3 is 2.06 bits per heavy atom. The Morgan fingerprint density at radius 1 is 0.719 bits per heavy atom. The molecule has 0 aromatic rings. The van der Waals surface area contributed by atoms with Gasteiger partial charge in [0.2, 0.25) is 0 Å². The number of aliphatic hydroxyl groups is 8. The fourth-order valence-corrected chi connectivity index (χ4v) is 13.7. The summed E-state index contributed by atoms with van der Waals surface area (Å²) in [7, 11) is 0. The van der Waals surface area contributed by atoms with E-state index in [4.69, 9.17) is 37.9 Å². The van der Waals surface area contributed by atoms with Crippen molar-refractivity contribution in [2.75, 3.05) is 13.2 Å². The van der Waals surface area contributed by atoms with Gasteiger partial charge in [0.05, 0.1) is 43.6 Å². The Hall–Kier alpha value is -0.430. The molecule has 26 atom stereocenters. The molecule has 5 heterocycles. The first-order valence-electron chi connectivity index (χ1n) is 23.4. The van der Waals surface area contributed by atoms with Gasteiger partial charge in [0, 0.05) is 0 Å². The van der Waals surface area contributed by atoms with Crippen molar-refractivity contribution in [2.45, 2.75) is 203 Å². The Bertz CT molecular complexity index is 1690. The van der Waals surface area contributed by atoms with E-state index in [1.807, 2.05) is 0 Å². The van der Waals surface area contributed by atoms with Gasteiger partial charge < -0.3 is 88.6 Å². The largest absolute Gasteiger partial charge is 1.00 e. The second kappa shape index (κ2) is 19.1. The number of rotatable bonds is 6. The zero-order valence-corrected chi connectivity index (χ0v) is 39.7. The summed E-state index contributed by atoms with van der Waals surface area (Å²) in [5, 5.41) is 100. The molecule has 3 saturated carbocycles. The van der Waals surface area contributed by atoms with Crippen molar-refractivity contribution in [3.05, 3.63) is 11.6 Å². The third kappa shape index (κ3) is 8.65. The van der Waals surface area contributed by atoms with Gasteiger partial charge >= 0.3 is 29.6 Å². The van der Waals surface area contributed by atoms with E-state index in [-0.39, 0.29) is 64.9 Å². The molecule has 5 aliphatic heterocycles. The molecule has 0 amide bonds. The molecule has 9 rings (SSSR count). The van der Waals surface area contributed by atoms with Crippen LogP contribution < -0.4 is 34.7 Å². The van der Waals surface area contributed by atoms with Gasteiger partial charge in [-0.25, -0.2) is 0 Å². The second-order valence-corrected chi connectivity index (χ2v) is 21.2. The number of ether oxygens (including phenoxy) is 8. The first kappa shape index (κ1) is 50.0. The van der Waals surface area contributed by atoms with Crippen LogP contribution in [0.5, 0.6) is 0 Å². The molecule has 358 valence electrons. The molecule has 19 heteroatoms. The maximum Gasteiger partial charge on any atom is 1.00 e. The quantitative estimate of drug-likeness (QED) is 0.0710. The van der Waals surface area contributed by atoms with Gasteiger partial charge in [-0.15, -0.1) is 0 Å². The molecule has 0 spiro atoms. The summed E-state index contributed by atoms with van der Waals surface area (Å²) < 4.78 is 49.6. The van der Waals surface area contributed by atoms with E-state index in [9.17, 15) is 50.8 Å². The van der Waals surface area contributed by atoms with E-state index in [0.717, 1.165) is 32.1 Å². The van der Waals surface area contributed by atoms with Crippen molar-refractivity contribution < 1.29 is 118 Å². The summed E-state index contributed by atoms with van der Waals surface area (Å²) in [5.74, 6) is 0.0507. The number of carboxylic acids is 1. The summed E-state index contributed by atoms with van der Waals surface area (Å²) in [5.41, 5.74) is 1.14. The average Bonchev–Trinajstić information content (AvgIpc) is 3.91. The van der Waals surface area contributed by atoms with Crippen molar-refractivity contribution in [3.8, 4) is 0 Å². The van der Waals surface area contributed by atoms with Crippen molar-refractivity contribution in [2.24, 2.45) is 46.3 Å². The molecule has 18 nitrogen and oxygen atoms in total. The summed E-state index contributed by atoms with van der Waals surface area (Å²) in [6, 6.07) is 0. The Labute approximate surface area is 396 Å². The van der Waals surface area contributed by atoms with Crippen molar-refractivity contribution in [1.82, 2.24) is 0 Å². The van der Waals surface area contributed by atoms with Gasteiger partial charge in [-0.3, -0.25) is 0 Å². The number of aliphatic hydroxyl groups excluding tert-OH is 8. The maximum atomic E-state index is 12.2. The van der Waals surface area contributed by atoms with E-state index in [1.54, 1.807) is 0 Å². The molecule has 19 unspecified atom stereocenters. The van der Waals surface area contributed by atoms with E-state index in [1.165, 1.54) is 5.57 Å². The summed E-state index contributed by atoms with van der Waals surface area (Å²) in [6.07, 6.45) is -17.9. The van der Waals surface area contributed by atoms with Crippen LogP contribution in [0.1, 0.15) is 86.0 Å². The topological polar surface area (TPSA) is 279 Å². The monoisotopic (exact) mass is 920 g/mol. The minimum Gasteiger partial charge on any atom is -0.547 e. The number of carbonyl (C=O) groups excluding carboxylic acids is 1. The first-order chi connectivity index (χ1) is 29.9. The summed E-state index contributed by atoms with van der Waals surface area (Å²) in [6.45, 7) is 10.6. The van der Waals surface area contributed by atoms with E-state index in [2.05, 4.69) is 40.7 Å². The number of epoxide rings is 1. The molecule has 64 heavy (non-hydrogen) atoms. The van der Waals surface area contributed by atoms with Crippen LogP contribution in [0, 0.1) is 46.3 Å². The molecular formula is C45H69NaO18. The number of hydrogen-bond donors (Lipinski definition) is 8. The van der Waals surface area contributed by atoms with Gasteiger partial charge in [0.25, 0.3) is 0 Å². The number of carbonyl (C=O) groups is 1. The molecule has 0 aromatic carbocycles. The van der Waals surface area contributed by atoms with Crippen molar-refractivity contribution in [1.29, 1.82) is 0 Å². The zero-order chi connectivity index (χ0) is 45.0. The fourth-order valence-electron chi connectivity index (χ4n) is 13.7. The zero-order valence-electron chi connectivity index (χ0n) is 37.7. The van der Waals surface area contributed by atoms with Gasteiger partial charge in [-0.1, -0.05) is 46.3 Å². The Kier molecular flexibility index (Phi) is 14.9. The van der Waals surface area contributed by atoms with Gasteiger partial charge in [-0.2, -0.15) is 0 Å². The van der Waals surface area contributed by atoms with Gasteiger partial charge in [-0.05, 0) is 97.7 Å². The SMILES string of the molecule is CC(C)C[C@@H]1O[C@H]1C(C)[C@H]1CCC2C3=C[C@H]4OCC5OC(OC6C(OC(CO)C(O)C6O)OC6C(OC(C(=O)[O-])C(O)C6O)O[C@H]6CC[C@](C)(C3CC[C@@]21C)C4C6)C(O)C(O)C5O.[Na+]. The van der Waals surface area contributed by atoms with Crippen LogP contribution in [0.15, 0.2) is 11.6 Å². The summed E-state index contributed by atoms with van der Waals surface area (Å²) in [4.78, 5) is 12.2. The van der Waals surface area contributed by atoms with Crippen LogP contribution in [-0.4, -0.2) is 177 Å². The van der Waals surface area contributed by atoms with Crippen LogP contribution in [0.25, 0.3) is 0 Å². The van der Waals surface area contributed by atoms with Crippen LogP contribution in [0.2, 0.25) is 0 Å². The molecule has 8 fully saturated rings. The average molecular weight is 921 g/mol. The number of hydrogen-bond acceptors (Lipinski definition) is 18. The van der Waals surface area contributed by atoms with Gasteiger partial charge in [0.15, 0.2) is 18.9 Å². The van der Waals surface area contributed by atoms with E-state index >= 15 is 0 Å². The molecule has 9 aliphatic rings. The minimum atomic E-state index is -2.07. The molecule has 0 aromatic heterocycles. The van der Waals surface area contributed by atoms with Gasteiger partial charge in [0.1, 0.15) is 73.2 Å². The molecule has 4 aliphatic carbocycles. The Morgan fingerprint density at radius 2 is 1.38 bits per heavy atom. The summed E-state index contributed by atoms with van der Waals surface area (Å²) >= 11 is 0. The number of allylic oxidation sites excluding steroid dienone is 1. The van der Waals surface area contributed by atoms with Crippen LogP contribution in [-0.2, 0) is 42.7 Å². The Balaban J connectivity index is 0.00000560. The maximum absolute atomic E-state index is 12.2. The molecule has 5 saturated heterocycles. The third-order valence-electron chi connectivity index (χ3n) is 17.2. The predicted molar refractivity (Wildman–Crippen MR) is 212 cm³/mol. The van der Waals surface area contributed by atoms with Crippen LogP contribution in [0.4, 0.5) is 0 Å². The van der Waals surface area contributed by atoms with E-state index < -0.39 is 117 Å². The molecule has 4 bridgehead atoms. The fraction of sp³-hybridized carbons (Fsp3) is 0.933. The van der Waals surface area contributed by atoms with Crippen molar-refractivity contribution >= 4 is 5.97 Å². The number of carboxylic acid groups (broad SMARTS) is 1. The third-order valence-corrected chi connectivity index (χ3v) is 17.2. The molecule has 0 radical (unpaired) electrons. The smallest absolute Gasteiger partial charge is 0.547 e. The van der Waals surface area contributed by atoms with Crippen molar-refractivity contribution in [3.63, 3.8) is 0 Å². The number of fused-ring (bicyclic) bond motifs is 9. The normalized spacial score (nSPS) is 54.2. The number of aliphatic carboxylic acids is 1. The van der Waals surface area contributed by atoms with Crippen LogP contribution >= 0.6 is 0 Å².